The highest BCUT2D eigenvalue weighted by Crippen LogP contribution is 2.16. The molecule has 0 N–H and O–H groups in total. The van der Waals surface area contributed by atoms with E-state index in [0.29, 0.717) is 0 Å². The lowest BCUT2D eigenvalue weighted by Crippen LogP contribution is -2.23. The second-order valence-electron chi connectivity index (χ2n) is 5.67. The normalized spacial score (nSPS) is 10.4. The van der Waals surface area contributed by atoms with Gasteiger partial charge in [0, 0.05) is 5.57 Å². The first kappa shape index (κ1) is 16.0. The molecule has 0 fully saturated rings. The molecule has 0 bridgehead atoms. The van der Waals surface area contributed by atoms with Gasteiger partial charge in [0.25, 0.3) is 0 Å². The third-order valence-corrected chi connectivity index (χ3v) is 2.77. The lowest BCUT2D eigenvalue weighted by Gasteiger charge is -2.16. The van der Waals surface area contributed by atoms with Crippen molar-refractivity contribution in [3.05, 3.63) is 59.9 Å². The minimum absolute atomic E-state index is 0.198. The number of esters is 1. The Kier molecular flexibility index (Phi) is 5.54. The van der Waals surface area contributed by atoms with E-state index in [0.717, 1.165) is 16.7 Å². The molecule has 2 nitrogen and oxygen atoms in total. The van der Waals surface area contributed by atoms with E-state index in [1.807, 2.05) is 58.0 Å². The Hall–Kier alpha value is -2.05. The number of hydrogen-bond donors (Lipinski definition) is 0. The zero-order valence-electron chi connectivity index (χ0n) is 12.7. The molecule has 0 spiro atoms. The molecule has 0 aliphatic rings. The van der Waals surface area contributed by atoms with Crippen LogP contribution in [0.4, 0.5) is 0 Å². The Labute approximate surface area is 121 Å². The van der Waals surface area contributed by atoms with Gasteiger partial charge in [-0.25, -0.2) is 0 Å². The van der Waals surface area contributed by atoms with Crippen LogP contribution in [0.15, 0.2) is 54.3 Å². The van der Waals surface area contributed by atoms with Crippen molar-refractivity contribution in [2.75, 3.05) is 6.61 Å². The van der Waals surface area contributed by atoms with Crippen LogP contribution < -0.4 is 0 Å². The summed E-state index contributed by atoms with van der Waals surface area (Å²) in [6.45, 7) is 11.4. The second kappa shape index (κ2) is 6.93. The monoisotopic (exact) mass is 270 g/mol. The van der Waals surface area contributed by atoms with Crippen molar-refractivity contribution in [2.45, 2.75) is 27.7 Å². The van der Waals surface area contributed by atoms with E-state index in [4.69, 9.17) is 4.74 Å². The Bertz CT molecular complexity index is 539. The third kappa shape index (κ3) is 4.91. The predicted octanol–water partition coefficient (Wildman–Crippen LogP) is 4.39. The van der Waals surface area contributed by atoms with Crippen molar-refractivity contribution in [3.63, 3.8) is 0 Å². The zero-order chi connectivity index (χ0) is 15.2. The molecule has 0 aromatic heterocycles. The fraction of sp³-hybridized carbons (Fsp3) is 0.333. The van der Waals surface area contributed by atoms with Gasteiger partial charge in [0.15, 0.2) is 0 Å². The molecule has 0 saturated carbocycles. The SMILES string of the molecule is C=CC(=C=C(C)c1ccccc1)COC(=O)C(C)(C)C. The van der Waals surface area contributed by atoms with Crippen molar-refractivity contribution < 1.29 is 9.53 Å². The topological polar surface area (TPSA) is 26.3 Å². The summed E-state index contributed by atoms with van der Waals surface area (Å²) in [5.74, 6) is -0.226. The number of benzene rings is 1. The van der Waals surface area contributed by atoms with Crippen LogP contribution >= 0.6 is 0 Å². The lowest BCUT2D eigenvalue weighted by molar-refractivity contribution is -0.151. The number of rotatable bonds is 4. The van der Waals surface area contributed by atoms with Crippen molar-refractivity contribution in [3.8, 4) is 0 Å². The molecule has 0 atom stereocenters. The van der Waals surface area contributed by atoms with Crippen LogP contribution in [0.25, 0.3) is 5.57 Å². The molecule has 20 heavy (non-hydrogen) atoms. The summed E-state index contributed by atoms with van der Waals surface area (Å²) in [7, 11) is 0. The van der Waals surface area contributed by atoms with Crippen molar-refractivity contribution >= 4 is 11.5 Å². The van der Waals surface area contributed by atoms with Crippen LogP contribution in [0.1, 0.15) is 33.3 Å². The van der Waals surface area contributed by atoms with Crippen molar-refractivity contribution in [2.24, 2.45) is 5.41 Å². The number of hydrogen-bond acceptors (Lipinski definition) is 2. The van der Waals surface area contributed by atoms with Crippen LogP contribution in [0.2, 0.25) is 0 Å². The van der Waals surface area contributed by atoms with Gasteiger partial charge in [0.2, 0.25) is 0 Å². The van der Waals surface area contributed by atoms with Gasteiger partial charge in [-0.2, -0.15) is 0 Å². The third-order valence-electron chi connectivity index (χ3n) is 2.77. The lowest BCUT2D eigenvalue weighted by atomic mass is 9.97. The van der Waals surface area contributed by atoms with Crippen molar-refractivity contribution in [1.29, 1.82) is 0 Å². The Morgan fingerprint density at radius 3 is 2.40 bits per heavy atom. The molecule has 0 radical (unpaired) electrons. The molecule has 0 heterocycles. The first-order chi connectivity index (χ1) is 9.34. The zero-order valence-corrected chi connectivity index (χ0v) is 12.7. The van der Waals surface area contributed by atoms with Crippen LogP contribution in [0.3, 0.4) is 0 Å². The molecule has 0 saturated heterocycles. The average molecular weight is 270 g/mol. The van der Waals surface area contributed by atoms with E-state index in [-0.39, 0.29) is 12.6 Å². The quantitative estimate of drug-likeness (QED) is 0.461. The molecule has 0 aliphatic carbocycles. The first-order valence-electron chi connectivity index (χ1n) is 6.66. The maximum Gasteiger partial charge on any atom is 0.311 e. The summed E-state index contributed by atoms with van der Waals surface area (Å²) in [5, 5.41) is 0. The number of ether oxygens (including phenoxy) is 1. The molecular weight excluding hydrogens is 248 g/mol. The standard InChI is InChI=1S/C18H22O2/c1-6-15(13-20-17(19)18(3,4)5)12-14(2)16-10-8-7-9-11-16/h6-11H,1,13H2,2-5H3. The maximum atomic E-state index is 11.7. The largest absolute Gasteiger partial charge is 0.460 e. The van der Waals surface area contributed by atoms with Gasteiger partial charge in [-0.05, 0) is 38.8 Å². The van der Waals surface area contributed by atoms with Crippen LogP contribution in [-0.4, -0.2) is 12.6 Å². The summed E-state index contributed by atoms with van der Waals surface area (Å²) in [6.07, 6.45) is 1.67. The van der Waals surface area contributed by atoms with Gasteiger partial charge in [-0.15, -0.1) is 5.73 Å². The first-order valence-corrected chi connectivity index (χ1v) is 6.66. The van der Waals surface area contributed by atoms with E-state index in [9.17, 15) is 4.79 Å². The van der Waals surface area contributed by atoms with E-state index < -0.39 is 5.41 Å². The van der Waals surface area contributed by atoms with Gasteiger partial charge in [0.1, 0.15) is 6.61 Å². The predicted molar refractivity (Wildman–Crippen MR) is 83.2 cm³/mol. The van der Waals surface area contributed by atoms with E-state index >= 15 is 0 Å². The van der Waals surface area contributed by atoms with Crippen LogP contribution in [-0.2, 0) is 9.53 Å². The van der Waals surface area contributed by atoms with Gasteiger partial charge in [0.05, 0.1) is 5.41 Å². The van der Waals surface area contributed by atoms with Gasteiger partial charge < -0.3 is 4.74 Å². The van der Waals surface area contributed by atoms with Crippen molar-refractivity contribution in [1.82, 2.24) is 0 Å². The van der Waals surface area contributed by atoms with Gasteiger partial charge in [-0.1, -0.05) is 43.0 Å². The molecule has 0 aliphatic heterocycles. The summed E-state index contributed by atoms with van der Waals surface area (Å²) in [5.41, 5.74) is 5.58. The number of carbonyl (C=O) groups is 1. The second-order valence-corrected chi connectivity index (χ2v) is 5.67. The molecular formula is C18H22O2. The number of carbonyl (C=O) groups excluding carboxylic acids is 1. The van der Waals surface area contributed by atoms with E-state index in [1.165, 1.54) is 0 Å². The van der Waals surface area contributed by atoms with E-state index in [1.54, 1.807) is 6.08 Å². The highest BCUT2D eigenvalue weighted by Gasteiger charge is 2.22. The Morgan fingerprint density at radius 2 is 1.90 bits per heavy atom. The smallest absolute Gasteiger partial charge is 0.311 e. The molecule has 0 unspecified atom stereocenters. The minimum Gasteiger partial charge on any atom is -0.460 e. The summed E-state index contributed by atoms with van der Waals surface area (Å²) < 4.78 is 5.27. The van der Waals surface area contributed by atoms with E-state index in [2.05, 4.69) is 12.3 Å². The highest BCUT2D eigenvalue weighted by molar-refractivity contribution is 5.75. The van der Waals surface area contributed by atoms with Gasteiger partial charge >= 0.3 is 5.97 Å². The fourth-order valence-electron chi connectivity index (χ4n) is 1.51. The maximum absolute atomic E-state index is 11.7. The Balaban J connectivity index is 2.88. The highest BCUT2D eigenvalue weighted by atomic mass is 16.5. The molecule has 2 heteroatoms. The fourth-order valence-corrected chi connectivity index (χ4v) is 1.51. The average Bonchev–Trinajstić information content (AvgIpc) is 2.42. The summed E-state index contributed by atoms with van der Waals surface area (Å²) in [4.78, 5) is 11.7. The van der Waals surface area contributed by atoms with Gasteiger partial charge in [-0.3, -0.25) is 4.79 Å². The van der Waals surface area contributed by atoms with Crippen LogP contribution in [0, 0.1) is 5.41 Å². The molecule has 1 aromatic rings. The minimum atomic E-state index is -0.496. The molecule has 1 aromatic carbocycles. The molecule has 106 valence electrons. The molecule has 1 rings (SSSR count). The molecule has 0 amide bonds. The van der Waals surface area contributed by atoms with Crippen LogP contribution in [0.5, 0.6) is 0 Å². The summed E-state index contributed by atoms with van der Waals surface area (Å²) >= 11 is 0. The summed E-state index contributed by atoms with van der Waals surface area (Å²) in [6, 6.07) is 9.97. The Morgan fingerprint density at radius 1 is 1.30 bits per heavy atom.